The van der Waals surface area contributed by atoms with Crippen molar-refractivity contribution in [3.05, 3.63) is 36.0 Å². The van der Waals surface area contributed by atoms with E-state index in [2.05, 4.69) is 20.7 Å². The number of hydrogen-bond acceptors (Lipinski definition) is 7. The Kier molecular flexibility index (Phi) is 3.03. The molecule has 0 bridgehead atoms. The highest BCUT2D eigenvalue weighted by Crippen LogP contribution is 2.32. The minimum Gasteiger partial charge on any atom is -0.454 e. The molecular weight excluding hydrogens is 246 g/mol. The third-order valence-electron chi connectivity index (χ3n) is 2.69. The van der Waals surface area contributed by atoms with Gasteiger partial charge in [-0.2, -0.15) is 4.98 Å². The van der Waals surface area contributed by atoms with Crippen molar-refractivity contribution in [2.24, 2.45) is 5.84 Å². The number of aromatic nitrogens is 2. The molecule has 98 valence electrons. The molecule has 0 radical (unpaired) electrons. The van der Waals surface area contributed by atoms with Gasteiger partial charge in [0.1, 0.15) is 5.82 Å². The Labute approximate surface area is 109 Å². The lowest BCUT2D eigenvalue weighted by Gasteiger charge is -2.06. The van der Waals surface area contributed by atoms with Crippen molar-refractivity contribution in [3.63, 3.8) is 0 Å². The van der Waals surface area contributed by atoms with E-state index in [1.807, 2.05) is 18.2 Å². The molecule has 0 aliphatic carbocycles. The maximum absolute atomic E-state index is 5.32. The van der Waals surface area contributed by atoms with Crippen LogP contribution in [-0.4, -0.2) is 16.8 Å². The molecule has 1 aliphatic heterocycles. The summed E-state index contributed by atoms with van der Waals surface area (Å²) in [4.78, 5) is 8.27. The van der Waals surface area contributed by atoms with Crippen molar-refractivity contribution >= 4 is 11.8 Å². The van der Waals surface area contributed by atoms with Gasteiger partial charge in [-0.25, -0.2) is 10.8 Å². The molecular formula is C12H13N5O2. The lowest BCUT2D eigenvalue weighted by Crippen LogP contribution is -2.10. The van der Waals surface area contributed by atoms with Gasteiger partial charge in [0.25, 0.3) is 0 Å². The third kappa shape index (κ3) is 2.50. The average Bonchev–Trinajstić information content (AvgIpc) is 2.93. The first kappa shape index (κ1) is 11.5. The summed E-state index contributed by atoms with van der Waals surface area (Å²) >= 11 is 0. The van der Waals surface area contributed by atoms with Gasteiger partial charge in [0.15, 0.2) is 11.5 Å². The summed E-state index contributed by atoms with van der Waals surface area (Å²) in [6, 6.07) is 7.47. The zero-order valence-corrected chi connectivity index (χ0v) is 10.1. The fraction of sp³-hybridized carbons (Fsp3) is 0.167. The molecule has 1 aromatic heterocycles. The van der Waals surface area contributed by atoms with E-state index in [1.54, 1.807) is 12.3 Å². The Hall–Kier alpha value is -2.54. The summed E-state index contributed by atoms with van der Waals surface area (Å²) in [7, 11) is 0. The number of nitrogens with zero attached hydrogens (tertiary/aromatic N) is 2. The van der Waals surface area contributed by atoms with E-state index in [4.69, 9.17) is 15.3 Å². The van der Waals surface area contributed by atoms with E-state index < -0.39 is 0 Å². The molecule has 0 spiro atoms. The highest BCUT2D eigenvalue weighted by atomic mass is 16.7. The van der Waals surface area contributed by atoms with Crippen molar-refractivity contribution in [3.8, 4) is 11.5 Å². The topological polar surface area (TPSA) is 94.3 Å². The van der Waals surface area contributed by atoms with E-state index in [0.29, 0.717) is 18.3 Å². The molecule has 3 rings (SSSR count). The molecule has 4 N–H and O–H groups in total. The quantitative estimate of drug-likeness (QED) is 0.559. The first-order chi connectivity index (χ1) is 9.35. The highest BCUT2D eigenvalue weighted by molar-refractivity contribution is 5.45. The number of fused-ring (bicyclic) bond motifs is 1. The van der Waals surface area contributed by atoms with Gasteiger partial charge in [-0.3, -0.25) is 0 Å². The molecule has 0 unspecified atom stereocenters. The van der Waals surface area contributed by atoms with E-state index in [0.717, 1.165) is 17.1 Å². The molecule has 2 heterocycles. The molecule has 7 heteroatoms. The van der Waals surface area contributed by atoms with Crippen LogP contribution in [0.25, 0.3) is 0 Å². The average molecular weight is 259 g/mol. The molecule has 7 nitrogen and oxygen atoms in total. The number of nitrogen functional groups attached to an aromatic ring is 1. The van der Waals surface area contributed by atoms with Crippen LogP contribution in [0.1, 0.15) is 5.56 Å². The Morgan fingerprint density at radius 1 is 1.21 bits per heavy atom. The van der Waals surface area contributed by atoms with Crippen LogP contribution in [0.5, 0.6) is 11.5 Å². The fourth-order valence-electron chi connectivity index (χ4n) is 1.76. The summed E-state index contributed by atoms with van der Waals surface area (Å²) in [5.74, 6) is 7.89. The fourth-order valence-corrected chi connectivity index (χ4v) is 1.76. The zero-order chi connectivity index (χ0) is 13.1. The van der Waals surface area contributed by atoms with Crippen LogP contribution < -0.4 is 26.1 Å². The molecule has 0 fully saturated rings. The standard InChI is InChI=1S/C12H13N5O2/c13-17-11-3-4-14-12(16-11)15-6-8-1-2-9-10(5-8)19-7-18-9/h1-5H,6-7,13H2,(H2,14,15,16,17). The first-order valence-electron chi connectivity index (χ1n) is 5.77. The minimum atomic E-state index is 0.277. The number of nitrogens with two attached hydrogens (primary N) is 1. The lowest BCUT2D eigenvalue weighted by molar-refractivity contribution is 0.174. The van der Waals surface area contributed by atoms with Gasteiger partial charge in [0, 0.05) is 18.8 Å². The Balaban J connectivity index is 1.68. The van der Waals surface area contributed by atoms with Crippen molar-refractivity contribution < 1.29 is 9.47 Å². The van der Waals surface area contributed by atoms with E-state index in [1.165, 1.54) is 0 Å². The predicted octanol–water partition coefficient (Wildman–Crippen LogP) is 1.10. The van der Waals surface area contributed by atoms with Crippen molar-refractivity contribution in [1.82, 2.24) is 9.97 Å². The SMILES string of the molecule is NNc1ccnc(NCc2ccc3c(c2)OCO3)n1. The van der Waals surface area contributed by atoms with Crippen LogP contribution in [0.3, 0.4) is 0 Å². The molecule has 0 saturated heterocycles. The zero-order valence-electron chi connectivity index (χ0n) is 10.1. The summed E-state index contributed by atoms with van der Waals surface area (Å²) in [5, 5.41) is 3.11. The molecule has 0 atom stereocenters. The predicted molar refractivity (Wildman–Crippen MR) is 69.7 cm³/mol. The van der Waals surface area contributed by atoms with Gasteiger partial charge in [0.2, 0.25) is 12.7 Å². The monoisotopic (exact) mass is 259 g/mol. The Bertz CT molecular complexity index is 590. The summed E-state index contributed by atoms with van der Waals surface area (Å²) in [6.45, 7) is 0.865. The van der Waals surface area contributed by atoms with Crippen LogP contribution in [0.2, 0.25) is 0 Å². The number of ether oxygens (including phenoxy) is 2. The van der Waals surface area contributed by atoms with Gasteiger partial charge in [-0.1, -0.05) is 6.07 Å². The van der Waals surface area contributed by atoms with Gasteiger partial charge < -0.3 is 20.2 Å². The molecule has 1 aromatic carbocycles. The second-order valence-corrected chi connectivity index (χ2v) is 3.95. The normalized spacial score (nSPS) is 12.3. The van der Waals surface area contributed by atoms with Crippen molar-refractivity contribution in [2.45, 2.75) is 6.54 Å². The molecule has 0 saturated carbocycles. The smallest absolute Gasteiger partial charge is 0.231 e. The van der Waals surface area contributed by atoms with E-state index in [9.17, 15) is 0 Å². The maximum atomic E-state index is 5.32. The van der Waals surface area contributed by atoms with Crippen LogP contribution >= 0.6 is 0 Å². The van der Waals surface area contributed by atoms with Crippen molar-refractivity contribution in [1.29, 1.82) is 0 Å². The lowest BCUT2D eigenvalue weighted by atomic mass is 10.2. The van der Waals surface area contributed by atoms with Gasteiger partial charge in [-0.15, -0.1) is 0 Å². The second kappa shape index (κ2) is 4.99. The minimum absolute atomic E-state index is 0.277. The largest absolute Gasteiger partial charge is 0.454 e. The van der Waals surface area contributed by atoms with Crippen molar-refractivity contribution in [2.75, 3.05) is 17.5 Å². The molecule has 19 heavy (non-hydrogen) atoms. The maximum Gasteiger partial charge on any atom is 0.231 e. The number of rotatable bonds is 4. The van der Waals surface area contributed by atoms with Crippen LogP contribution in [-0.2, 0) is 6.54 Å². The van der Waals surface area contributed by atoms with E-state index in [-0.39, 0.29) is 6.79 Å². The summed E-state index contributed by atoms with van der Waals surface area (Å²) in [6.07, 6.45) is 1.63. The summed E-state index contributed by atoms with van der Waals surface area (Å²) in [5.41, 5.74) is 3.53. The van der Waals surface area contributed by atoms with Gasteiger partial charge >= 0.3 is 0 Å². The van der Waals surface area contributed by atoms with E-state index >= 15 is 0 Å². The van der Waals surface area contributed by atoms with Crippen LogP contribution in [0.15, 0.2) is 30.5 Å². The second-order valence-electron chi connectivity index (χ2n) is 3.95. The van der Waals surface area contributed by atoms with Crippen LogP contribution in [0.4, 0.5) is 11.8 Å². The molecule has 2 aromatic rings. The van der Waals surface area contributed by atoms with Gasteiger partial charge in [0.05, 0.1) is 0 Å². The van der Waals surface area contributed by atoms with Crippen LogP contribution in [0, 0.1) is 0 Å². The first-order valence-corrected chi connectivity index (χ1v) is 5.77. The number of benzene rings is 1. The third-order valence-corrected chi connectivity index (χ3v) is 2.69. The molecule has 0 amide bonds. The Morgan fingerprint density at radius 2 is 2.11 bits per heavy atom. The van der Waals surface area contributed by atoms with Gasteiger partial charge in [-0.05, 0) is 17.7 Å². The number of hydrogen-bond donors (Lipinski definition) is 3. The Morgan fingerprint density at radius 3 is 3.00 bits per heavy atom. The number of nitrogens with one attached hydrogen (secondary N) is 2. The summed E-state index contributed by atoms with van der Waals surface area (Å²) < 4.78 is 10.6. The number of hydrazine groups is 1. The number of anilines is 2. The molecule has 1 aliphatic rings. The highest BCUT2D eigenvalue weighted by Gasteiger charge is 2.13.